The third kappa shape index (κ3) is 4.85. The summed E-state index contributed by atoms with van der Waals surface area (Å²) in [6.07, 6.45) is 2.67. The zero-order valence-electron chi connectivity index (χ0n) is 19.0. The summed E-state index contributed by atoms with van der Waals surface area (Å²) in [5.74, 6) is -1.38. The van der Waals surface area contributed by atoms with Gasteiger partial charge in [0.2, 0.25) is 0 Å². The fraction of sp³-hybridized carbons (Fsp3) is 0.385. The monoisotopic (exact) mass is 439 g/mol. The minimum Gasteiger partial charge on any atom is -0.507 e. The van der Waals surface area contributed by atoms with Crippen LogP contribution in [0.3, 0.4) is 0 Å². The predicted octanol–water partition coefficient (Wildman–Crippen LogP) is 5.53. The first kappa shape index (κ1) is 23.5. The van der Waals surface area contributed by atoms with Gasteiger partial charge in [-0.3, -0.25) is 9.59 Å². The molecule has 0 aliphatic carbocycles. The molecule has 1 amide bonds. The van der Waals surface area contributed by atoms with Crippen LogP contribution in [-0.2, 0) is 9.59 Å². The summed E-state index contributed by atoms with van der Waals surface area (Å²) in [5, 5.41) is 11.1. The number of Topliss-reactive ketones (excluding diaryl/α,β-unsaturated/α-hetero) is 1. The molecule has 6 heteroatoms. The van der Waals surface area contributed by atoms with Crippen LogP contribution >= 0.6 is 0 Å². The third-order valence-corrected chi connectivity index (χ3v) is 5.54. The van der Waals surface area contributed by atoms with Crippen LogP contribution in [0.2, 0.25) is 0 Å². The van der Waals surface area contributed by atoms with Gasteiger partial charge in [-0.25, -0.2) is 4.39 Å². The molecule has 1 saturated heterocycles. The number of likely N-dealkylation sites (tertiary alicyclic amines) is 1. The maximum Gasteiger partial charge on any atom is 0.295 e. The van der Waals surface area contributed by atoms with E-state index in [2.05, 4.69) is 6.92 Å². The summed E-state index contributed by atoms with van der Waals surface area (Å²) in [6, 6.07) is 10.6. The van der Waals surface area contributed by atoms with Gasteiger partial charge in [0.1, 0.15) is 17.3 Å². The smallest absolute Gasteiger partial charge is 0.295 e. The number of unbranched alkanes of at least 4 members (excludes halogenated alkanes) is 2. The van der Waals surface area contributed by atoms with Crippen molar-refractivity contribution in [1.82, 2.24) is 4.90 Å². The number of ether oxygens (including phenoxy) is 1. The SMILES string of the molecule is CCCCCN1C(=O)C(=O)/C(=C(\O)c2ccc(F)c(C)c2)C1c1ccc(OC(C)C)cc1. The molecule has 2 aromatic rings. The molecule has 32 heavy (non-hydrogen) atoms. The van der Waals surface area contributed by atoms with Gasteiger partial charge in [0.05, 0.1) is 17.7 Å². The van der Waals surface area contributed by atoms with E-state index >= 15 is 0 Å². The Balaban J connectivity index is 2.09. The first-order chi connectivity index (χ1) is 15.2. The molecule has 0 radical (unpaired) electrons. The molecule has 1 aliphatic rings. The summed E-state index contributed by atoms with van der Waals surface area (Å²) in [6.45, 7) is 7.92. The lowest BCUT2D eigenvalue weighted by molar-refractivity contribution is -0.139. The van der Waals surface area contributed by atoms with Gasteiger partial charge in [-0.2, -0.15) is 0 Å². The molecule has 1 atom stereocenters. The maximum absolute atomic E-state index is 13.7. The second-order valence-electron chi connectivity index (χ2n) is 8.40. The number of ketones is 1. The van der Waals surface area contributed by atoms with Crippen molar-refractivity contribution in [3.05, 3.63) is 70.5 Å². The van der Waals surface area contributed by atoms with Crippen molar-refractivity contribution in [2.24, 2.45) is 0 Å². The highest BCUT2D eigenvalue weighted by Crippen LogP contribution is 2.40. The van der Waals surface area contributed by atoms with Gasteiger partial charge in [-0.1, -0.05) is 31.9 Å². The second-order valence-corrected chi connectivity index (χ2v) is 8.40. The van der Waals surface area contributed by atoms with Crippen LogP contribution in [0.1, 0.15) is 62.8 Å². The van der Waals surface area contributed by atoms with Gasteiger partial charge >= 0.3 is 0 Å². The van der Waals surface area contributed by atoms with Crippen molar-refractivity contribution in [1.29, 1.82) is 0 Å². The van der Waals surface area contributed by atoms with Gasteiger partial charge in [-0.05, 0) is 68.7 Å². The summed E-state index contributed by atoms with van der Waals surface area (Å²) < 4.78 is 19.4. The fourth-order valence-corrected chi connectivity index (χ4v) is 3.94. The van der Waals surface area contributed by atoms with E-state index in [1.807, 2.05) is 26.0 Å². The van der Waals surface area contributed by atoms with Crippen molar-refractivity contribution in [3.63, 3.8) is 0 Å². The van der Waals surface area contributed by atoms with Gasteiger partial charge < -0.3 is 14.7 Å². The van der Waals surface area contributed by atoms with Crippen LogP contribution in [-0.4, -0.2) is 34.3 Å². The molecular weight excluding hydrogens is 409 g/mol. The molecule has 170 valence electrons. The number of carbonyl (C=O) groups excluding carboxylic acids is 2. The van der Waals surface area contributed by atoms with Crippen molar-refractivity contribution in [2.75, 3.05) is 6.54 Å². The largest absolute Gasteiger partial charge is 0.507 e. The number of aryl methyl sites for hydroxylation is 1. The standard InChI is InChI=1S/C26H30FNO4/c1-5-6-7-14-28-23(18-8-11-20(12-9-18)32-16(2)3)22(25(30)26(28)31)24(29)19-10-13-21(27)17(4)15-19/h8-13,15-16,23,29H,5-7,14H2,1-4H3/b24-22-. The van der Waals surface area contributed by atoms with E-state index < -0.39 is 23.5 Å². The average Bonchev–Trinajstić information content (AvgIpc) is 3.00. The normalized spacial score (nSPS) is 17.9. The number of hydrogen-bond acceptors (Lipinski definition) is 4. The predicted molar refractivity (Wildman–Crippen MR) is 122 cm³/mol. The average molecular weight is 440 g/mol. The zero-order chi connectivity index (χ0) is 23.4. The quantitative estimate of drug-likeness (QED) is 0.254. The number of nitrogens with zero attached hydrogens (tertiary/aromatic N) is 1. The molecule has 3 rings (SSSR count). The number of carbonyl (C=O) groups is 2. The number of benzene rings is 2. The maximum atomic E-state index is 13.7. The minimum absolute atomic E-state index is 0.0160. The summed E-state index contributed by atoms with van der Waals surface area (Å²) >= 11 is 0. The Labute approximate surface area is 188 Å². The Morgan fingerprint density at radius 1 is 1.12 bits per heavy atom. The van der Waals surface area contributed by atoms with Gasteiger partial charge in [0.25, 0.3) is 11.7 Å². The van der Waals surface area contributed by atoms with E-state index in [0.717, 1.165) is 19.3 Å². The molecule has 1 aliphatic heterocycles. The van der Waals surface area contributed by atoms with E-state index in [9.17, 15) is 19.1 Å². The van der Waals surface area contributed by atoms with Gasteiger partial charge in [-0.15, -0.1) is 0 Å². The minimum atomic E-state index is -0.728. The van der Waals surface area contributed by atoms with Crippen molar-refractivity contribution >= 4 is 17.4 Å². The molecule has 0 aromatic heterocycles. The Kier molecular flexibility index (Phi) is 7.33. The number of amides is 1. The Bertz CT molecular complexity index is 1030. The van der Waals surface area contributed by atoms with Crippen LogP contribution in [0.25, 0.3) is 5.76 Å². The van der Waals surface area contributed by atoms with Crippen LogP contribution in [0.5, 0.6) is 5.75 Å². The van der Waals surface area contributed by atoms with E-state index in [-0.39, 0.29) is 17.4 Å². The number of rotatable bonds is 8. The summed E-state index contributed by atoms with van der Waals surface area (Å²) in [5.41, 5.74) is 1.38. The van der Waals surface area contributed by atoms with E-state index in [1.54, 1.807) is 19.1 Å². The molecule has 0 spiro atoms. The van der Waals surface area contributed by atoms with Gasteiger partial charge in [0.15, 0.2) is 0 Å². The lowest BCUT2D eigenvalue weighted by atomic mass is 9.94. The van der Waals surface area contributed by atoms with Crippen LogP contribution in [0, 0.1) is 12.7 Å². The summed E-state index contributed by atoms with van der Waals surface area (Å²) in [7, 11) is 0. The van der Waals surface area contributed by atoms with Crippen LogP contribution in [0.15, 0.2) is 48.0 Å². The van der Waals surface area contributed by atoms with Gasteiger partial charge in [0, 0.05) is 12.1 Å². The van der Waals surface area contributed by atoms with Crippen LogP contribution < -0.4 is 4.74 Å². The van der Waals surface area contributed by atoms with E-state index in [0.29, 0.717) is 29.0 Å². The second kappa shape index (κ2) is 9.98. The van der Waals surface area contributed by atoms with Crippen molar-refractivity contribution in [3.8, 4) is 5.75 Å². The number of aliphatic hydroxyl groups is 1. The molecule has 1 fully saturated rings. The molecule has 5 nitrogen and oxygen atoms in total. The molecule has 0 saturated carbocycles. The molecule has 0 bridgehead atoms. The first-order valence-electron chi connectivity index (χ1n) is 11.1. The molecule has 2 aromatic carbocycles. The Morgan fingerprint density at radius 2 is 1.81 bits per heavy atom. The lowest BCUT2D eigenvalue weighted by Gasteiger charge is -2.25. The molecular formula is C26H30FNO4. The third-order valence-electron chi connectivity index (χ3n) is 5.54. The lowest BCUT2D eigenvalue weighted by Crippen LogP contribution is -2.30. The zero-order valence-corrected chi connectivity index (χ0v) is 19.0. The first-order valence-corrected chi connectivity index (χ1v) is 11.1. The molecule has 1 unspecified atom stereocenters. The van der Waals surface area contributed by atoms with Crippen molar-refractivity contribution in [2.45, 2.75) is 59.1 Å². The number of aliphatic hydroxyl groups excluding tert-OH is 1. The fourth-order valence-electron chi connectivity index (χ4n) is 3.94. The van der Waals surface area contributed by atoms with E-state index in [4.69, 9.17) is 4.74 Å². The number of halogens is 1. The Hall–Kier alpha value is -3.15. The molecule has 1 N–H and O–H groups in total. The topological polar surface area (TPSA) is 66.8 Å². The van der Waals surface area contributed by atoms with E-state index in [1.165, 1.54) is 23.1 Å². The molecule has 1 heterocycles. The van der Waals surface area contributed by atoms with Crippen molar-refractivity contribution < 1.29 is 23.8 Å². The van der Waals surface area contributed by atoms with Crippen LogP contribution in [0.4, 0.5) is 4.39 Å². The highest BCUT2D eigenvalue weighted by molar-refractivity contribution is 6.46. The summed E-state index contributed by atoms with van der Waals surface area (Å²) in [4.78, 5) is 27.4. The highest BCUT2D eigenvalue weighted by atomic mass is 19.1. The Morgan fingerprint density at radius 3 is 2.41 bits per heavy atom. The number of hydrogen-bond donors (Lipinski definition) is 1. The highest BCUT2D eigenvalue weighted by Gasteiger charge is 2.45.